The van der Waals surface area contributed by atoms with E-state index in [1.807, 2.05) is 13.8 Å². The van der Waals surface area contributed by atoms with Crippen LogP contribution in [0.5, 0.6) is 0 Å². The minimum absolute atomic E-state index is 0.135. The van der Waals surface area contributed by atoms with Crippen LogP contribution in [-0.2, 0) is 19.0 Å². The van der Waals surface area contributed by atoms with Gasteiger partial charge in [-0.3, -0.25) is 0 Å². The number of nitrogens with zero attached hydrogens (tertiary/aromatic N) is 2. The Morgan fingerprint density at radius 2 is 1.92 bits per heavy atom. The minimum atomic E-state index is -0.826. The van der Waals surface area contributed by atoms with E-state index in [1.165, 1.54) is 6.20 Å². The Kier molecular flexibility index (Phi) is 4.71. The van der Waals surface area contributed by atoms with Crippen molar-refractivity contribution in [2.24, 2.45) is 0 Å². The Morgan fingerprint density at radius 3 is 2.46 bits per heavy atom. The second-order valence-electron chi connectivity index (χ2n) is 6.44. The lowest BCUT2D eigenvalue weighted by molar-refractivity contribution is -0.147. The molecule has 0 spiro atoms. The summed E-state index contributed by atoms with van der Waals surface area (Å²) in [5, 5.41) is 0. The maximum Gasteiger partial charge on any atom is 0.347 e. The molecule has 0 bridgehead atoms. The maximum absolute atomic E-state index is 12.1. The summed E-state index contributed by atoms with van der Waals surface area (Å²) in [6.07, 6.45) is 1.09. The summed E-state index contributed by atoms with van der Waals surface area (Å²) in [6.45, 7) is 7.33. The van der Waals surface area contributed by atoms with Crippen molar-refractivity contribution < 1.29 is 23.8 Å². The lowest BCUT2D eigenvalue weighted by atomic mass is 10.2. The Hall–Kier alpha value is -2.15. The van der Waals surface area contributed by atoms with Crippen LogP contribution in [0, 0.1) is 0 Å². The van der Waals surface area contributed by atoms with Crippen LogP contribution >= 0.6 is 0 Å². The second-order valence-corrected chi connectivity index (χ2v) is 6.44. The number of pyridine rings is 1. The highest BCUT2D eigenvalue weighted by Gasteiger charge is 2.35. The third-order valence-electron chi connectivity index (χ3n) is 4.10. The molecule has 3 rings (SSSR count). The molecule has 7 heteroatoms. The molecular weight excluding hydrogens is 312 g/mol. The van der Waals surface area contributed by atoms with E-state index in [1.54, 1.807) is 19.1 Å². The van der Waals surface area contributed by atoms with Gasteiger partial charge in [0, 0.05) is 25.7 Å². The lowest BCUT2D eigenvalue weighted by Gasteiger charge is -2.36. The molecule has 7 nitrogen and oxygen atoms in total. The molecule has 0 aliphatic carbocycles. The zero-order valence-electron chi connectivity index (χ0n) is 14.1. The van der Waals surface area contributed by atoms with Crippen molar-refractivity contribution in [3.63, 3.8) is 0 Å². The fraction of sp³-hybridized carbons (Fsp3) is 0.588. The van der Waals surface area contributed by atoms with E-state index >= 15 is 0 Å². The van der Waals surface area contributed by atoms with Gasteiger partial charge in [-0.25, -0.2) is 14.6 Å². The Bertz CT molecular complexity index is 608. The Morgan fingerprint density at radius 1 is 1.21 bits per heavy atom. The predicted molar refractivity (Wildman–Crippen MR) is 85.8 cm³/mol. The van der Waals surface area contributed by atoms with Gasteiger partial charge in [-0.1, -0.05) is 0 Å². The van der Waals surface area contributed by atoms with Crippen LogP contribution in [-0.4, -0.2) is 54.4 Å². The summed E-state index contributed by atoms with van der Waals surface area (Å²) in [7, 11) is 0. The predicted octanol–water partition coefficient (Wildman–Crippen LogP) is 1.56. The molecule has 2 fully saturated rings. The number of hydrogen-bond donors (Lipinski definition) is 0. The van der Waals surface area contributed by atoms with Crippen LogP contribution in [0.15, 0.2) is 18.3 Å². The van der Waals surface area contributed by atoms with Crippen molar-refractivity contribution in [1.82, 2.24) is 4.98 Å². The van der Waals surface area contributed by atoms with E-state index < -0.39 is 18.0 Å². The van der Waals surface area contributed by atoms with Gasteiger partial charge in [0.25, 0.3) is 0 Å². The van der Waals surface area contributed by atoms with E-state index in [9.17, 15) is 9.59 Å². The highest BCUT2D eigenvalue weighted by atomic mass is 16.6. The number of anilines is 1. The molecular formula is C17H22N2O5. The molecule has 2 aliphatic heterocycles. The Labute approximate surface area is 140 Å². The van der Waals surface area contributed by atoms with Crippen molar-refractivity contribution in [2.75, 3.05) is 18.0 Å². The van der Waals surface area contributed by atoms with Crippen LogP contribution in [0.4, 0.5) is 5.82 Å². The maximum atomic E-state index is 12.1. The average Bonchev–Trinajstić information content (AvgIpc) is 2.84. The summed E-state index contributed by atoms with van der Waals surface area (Å²) in [4.78, 5) is 30.2. The standard InChI is InChI=1S/C17H22N2O5/c1-10-6-14(17(21)23-10)24-16(20)13-4-5-15(18-7-13)19-8-11(2)22-12(3)9-19/h4-5,7,10-12,14H,6,8-9H2,1-3H3. The number of cyclic esters (lactones) is 1. The fourth-order valence-corrected chi connectivity index (χ4v) is 3.07. The molecule has 3 heterocycles. The van der Waals surface area contributed by atoms with Crippen LogP contribution in [0.3, 0.4) is 0 Å². The van der Waals surface area contributed by atoms with E-state index in [-0.39, 0.29) is 18.3 Å². The van der Waals surface area contributed by atoms with Gasteiger partial charge in [0.05, 0.1) is 17.8 Å². The highest BCUT2D eigenvalue weighted by molar-refractivity contribution is 5.91. The van der Waals surface area contributed by atoms with Crippen LogP contribution in [0.25, 0.3) is 0 Å². The highest BCUT2D eigenvalue weighted by Crippen LogP contribution is 2.21. The molecule has 4 atom stereocenters. The van der Waals surface area contributed by atoms with Crippen LogP contribution in [0.1, 0.15) is 37.6 Å². The first-order chi connectivity index (χ1) is 11.4. The second kappa shape index (κ2) is 6.76. The van der Waals surface area contributed by atoms with E-state index in [0.717, 1.165) is 18.9 Å². The first kappa shape index (κ1) is 16.7. The van der Waals surface area contributed by atoms with Gasteiger partial charge in [-0.2, -0.15) is 0 Å². The van der Waals surface area contributed by atoms with Crippen molar-refractivity contribution in [3.8, 4) is 0 Å². The SMILES string of the molecule is CC1CC(OC(=O)c2ccc(N3CC(C)OC(C)C3)nc2)C(=O)O1. The third-order valence-corrected chi connectivity index (χ3v) is 4.10. The summed E-state index contributed by atoms with van der Waals surface area (Å²) in [6, 6.07) is 3.45. The molecule has 2 saturated heterocycles. The third kappa shape index (κ3) is 3.67. The molecule has 1 aromatic rings. The molecule has 24 heavy (non-hydrogen) atoms. The van der Waals surface area contributed by atoms with Crippen molar-refractivity contribution >= 4 is 17.8 Å². The van der Waals surface area contributed by atoms with Gasteiger partial charge < -0.3 is 19.1 Å². The van der Waals surface area contributed by atoms with Gasteiger partial charge in [0.2, 0.25) is 6.10 Å². The number of aromatic nitrogens is 1. The summed E-state index contributed by atoms with van der Waals surface area (Å²) in [5.74, 6) is -0.256. The molecule has 0 saturated carbocycles. The van der Waals surface area contributed by atoms with Crippen molar-refractivity contribution in [2.45, 2.75) is 51.6 Å². The quantitative estimate of drug-likeness (QED) is 0.776. The molecule has 2 aliphatic rings. The molecule has 1 aromatic heterocycles. The average molecular weight is 334 g/mol. The molecule has 0 radical (unpaired) electrons. The van der Waals surface area contributed by atoms with Crippen LogP contribution in [0.2, 0.25) is 0 Å². The zero-order valence-corrected chi connectivity index (χ0v) is 14.1. The smallest absolute Gasteiger partial charge is 0.347 e. The lowest BCUT2D eigenvalue weighted by Crippen LogP contribution is -2.45. The summed E-state index contributed by atoms with van der Waals surface area (Å²) < 4.78 is 15.9. The molecule has 130 valence electrons. The number of hydrogen-bond acceptors (Lipinski definition) is 7. The number of morpholine rings is 1. The van der Waals surface area contributed by atoms with Gasteiger partial charge >= 0.3 is 11.9 Å². The van der Waals surface area contributed by atoms with Crippen molar-refractivity contribution in [1.29, 1.82) is 0 Å². The van der Waals surface area contributed by atoms with E-state index in [2.05, 4.69) is 9.88 Å². The van der Waals surface area contributed by atoms with Crippen molar-refractivity contribution in [3.05, 3.63) is 23.9 Å². The molecule has 4 unspecified atom stereocenters. The number of carbonyl (C=O) groups excluding carboxylic acids is 2. The van der Waals surface area contributed by atoms with Gasteiger partial charge in [0.1, 0.15) is 11.9 Å². The normalized spacial score (nSPS) is 30.1. The fourth-order valence-electron chi connectivity index (χ4n) is 3.07. The zero-order chi connectivity index (χ0) is 17.3. The van der Waals surface area contributed by atoms with Crippen LogP contribution < -0.4 is 4.90 Å². The minimum Gasteiger partial charge on any atom is -0.460 e. The first-order valence-electron chi connectivity index (χ1n) is 8.20. The van der Waals surface area contributed by atoms with E-state index in [0.29, 0.717) is 12.0 Å². The van der Waals surface area contributed by atoms with Gasteiger partial charge in [-0.05, 0) is 32.9 Å². The largest absolute Gasteiger partial charge is 0.460 e. The summed E-state index contributed by atoms with van der Waals surface area (Å²) >= 11 is 0. The van der Waals surface area contributed by atoms with Gasteiger partial charge in [0.15, 0.2) is 0 Å². The monoisotopic (exact) mass is 334 g/mol. The number of rotatable bonds is 3. The summed E-state index contributed by atoms with van der Waals surface area (Å²) in [5.41, 5.74) is 0.320. The Balaban J connectivity index is 1.63. The molecule has 0 N–H and O–H groups in total. The topological polar surface area (TPSA) is 78.0 Å². The number of carbonyl (C=O) groups is 2. The van der Waals surface area contributed by atoms with E-state index in [4.69, 9.17) is 14.2 Å². The first-order valence-corrected chi connectivity index (χ1v) is 8.20. The molecule has 0 aromatic carbocycles. The number of esters is 2. The molecule has 0 amide bonds. The van der Waals surface area contributed by atoms with Gasteiger partial charge in [-0.15, -0.1) is 0 Å². The number of ether oxygens (including phenoxy) is 3.